The number of carboxylic acid groups (broad SMARTS) is 1. The monoisotopic (exact) mass is 142 g/mol. The molecule has 1 unspecified atom stereocenters. The first kappa shape index (κ1) is 11.8. The Balaban J connectivity index is 0. The van der Waals surface area contributed by atoms with Gasteiger partial charge >= 0.3 is 51.4 Å². The molecule has 0 saturated carbocycles. The Morgan fingerprint density at radius 3 is 2.25 bits per heavy atom. The van der Waals surface area contributed by atoms with E-state index in [0.29, 0.717) is 0 Å². The van der Waals surface area contributed by atoms with Crippen LogP contribution < -0.4 is 56.5 Å². The van der Waals surface area contributed by atoms with Crippen LogP contribution in [0.25, 0.3) is 0 Å². The first-order chi connectivity index (χ1) is 3.13. The number of carbonyl (C=O) groups excluding carboxylic acids is 1. The molecule has 0 rings (SSSR count). The molecule has 0 heterocycles. The van der Waals surface area contributed by atoms with Crippen LogP contribution in [0.5, 0.6) is 0 Å². The molecule has 0 bridgehead atoms. The van der Waals surface area contributed by atoms with E-state index in [1.807, 2.05) is 0 Å². The van der Waals surface area contributed by atoms with Crippen molar-refractivity contribution in [3.63, 3.8) is 0 Å². The molecule has 0 radical (unpaired) electrons. The number of aliphatic hydroxyl groups is 1. The van der Waals surface area contributed by atoms with Gasteiger partial charge in [-0.25, -0.2) is 0 Å². The Morgan fingerprint density at radius 1 is 1.88 bits per heavy atom. The van der Waals surface area contributed by atoms with Crippen LogP contribution in [-0.4, -0.2) is 17.2 Å². The zero-order valence-electron chi connectivity index (χ0n) is 5.05. The Hall–Kier alpha value is 1.07. The van der Waals surface area contributed by atoms with Crippen molar-refractivity contribution in [1.82, 2.24) is 0 Å². The molecule has 4 heteroatoms. The summed E-state index contributed by atoms with van der Waals surface area (Å²) < 4.78 is 0. The standard InChI is InChI=1S/C4H8O3.K/c1-3(5)2-4(6)7;/h3,5H,2H2,1H3,(H,6,7);/q;+1/p-1. The molecule has 42 valence electrons. The smallest absolute Gasteiger partial charge is 0.550 e. The zero-order chi connectivity index (χ0) is 5.86. The molecule has 0 aliphatic heterocycles. The van der Waals surface area contributed by atoms with Gasteiger partial charge in [-0.15, -0.1) is 0 Å². The van der Waals surface area contributed by atoms with Crippen molar-refractivity contribution in [2.75, 3.05) is 0 Å². The number of aliphatic carboxylic acids is 1. The van der Waals surface area contributed by atoms with Gasteiger partial charge in [-0.2, -0.15) is 0 Å². The number of rotatable bonds is 2. The molecule has 1 atom stereocenters. The largest absolute Gasteiger partial charge is 1.00 e. The summed E-state index contributed by atoms with van der Waals surface area (Å²) in [5, 5.41) is 17.8. The van der Waals surface area contributed by atoms with E-state index < -0.39 is 12.1 Å². The van der Waals surface area contributed by atoms with E-state index >= 15 is 0 Å². The molecule has 0 aliphatic rings. The van der Waals surface area contributed by atoms with Crippen molar-refractivity contribution in [1.29, 1.82) is 0 Å². The molecule has 3 nitrogen and oxygen atoms in total. The predicted molar refractivity (Wildman–Crippen MR) is 21.3 cm³/mol. The van der Waals surface area contributed by atoms with E-state index in [1.165, 1.54) is 6.92 Å². The minimum absolute atomic E-state index is 0. The first-order valence-electron chi connectivity index (χ1n) is 2.01. The van der Waals surface area contributed by atoms with E-state index in [2.05, 4.69) is 0 Å². The Kier molecular flexibility index (Phi) is 9.14. The van der Waals surface area contributed by atoms with Crippen LogP contribution >= 0.6 is 0 Å². The fourth-order valence-electron chi connectivity index (χ4n) is 0.241. The minimum Gasteiger partial charge on any atom is -0.550 e. The van der Waals surface area contributed by atoms with E-state index in [1.54, 1.807) is 0 Å². The first-order valence-corrected chi connectivity index (χ1v) is 2.01. The van der Waals surface area contributed by atoms with Gasteiger partial charge in [-0.3, -0.25) is 0 Å². The number of carboxylic acids is 1. The summed E-state index contributed by atoms with van der Waals surface area (Å²) in [5.74, 6) is -1.21. The van der Waals surface area contributed by atoms with Crippen LogP contribution in [0.4, 0.5) is 0 Å². The van der Waals surface area contributed by atoms with E-state index in [0.717, 1.165) is 0 Å². The van der Waals surface area contributed by atoms with Crippen LogP contribution in [0.2, 0.25) is 0 Å². The number of hydrogen-bond donors (Lipinski definition) is 1. The fraction of sp³-hybridized carbons (Fsp3) is 0.750. The molecule has 0 spiro atoms. The second-order valence-electron chi connectivity index (χ2n) is 1.43. The average Bonchev–Trinajstić information content (AvgIpc) is 1.27. The Labute approximate surface area is 90.5 Å². The summed E-state index contributed by atoms with van der Waals surface area (Å²) in [6.45, 7) is 1.40. The van der Waals surface area contributed by atoms with Gasteiger partial charge in [0.1, 0.15) is 0 Å². The van der Waals surface area contributed by atoms with Gasteiger partial charge in [0.05, 0.1) is 6.10 Å². The number of carbonyl (C=O) groups is 1. The van der Waals surface area contributed by atoms with Crippen molar-refractivity contribution < 1.29 is 66.4 Å². The average molecular weight is 142 g/mol. The van der Waals surface area contributed by atoms with Crippen molar-refractivity contribution in [3.05, 3.63) is 0 Å². The number of aliphatic hydroxyl groups excluding tert-OH is 1. The zero-order valence-corrected chi connectivity index (χ0v) is 8.17. The van der Waals surface area contributed by atoms with Gasteiger partial charge in [0.15, 0.2) is 0 Å². The maximum Gasteiger partial charge on any atom is 1.00 e. The van der Waals surface area contributed by atoms with Crippen LogP contribution in [0.3, 0.4) is 0 Å². The molecule has 0 aromatic carbocycles. The van der Waals surface area contributed by atoms with Crippen LogP contribution in [-0.2, 0) is 4.79 Å². The molecular formula is C4H7KO3. The molecule has 0 amide bonds. The van der Waals surface area contributed by atoms with Gasteiger partial charge in [0, 0.05) is 12.4 Å². The Bertz CT molecular complexity index is 71.7. The second-order valence-corrected chi connectivity index (χ2v) is 1.43. The van der Waals surface area contributed by atoms with Gasteiger partial charge in [-0.05, 0) is 6.92 Å². The fourth-order valence-corrected chi connectivity index (χ4v) is 0.241. The van der Waals surface area contributed by atoms with E-state index in [9.17, 15) is 9.90 Å². The molecule has 0 aliphatic carbocycles. The van der Waals surface area contributed by atoms with Crippen molar-refractivity contribution >= 4 is 5.97 Å². The topological polar surface area (TPSA) is 60.4 Å². The van der Waals surface area contributed by atoms with Gasteiger partial charge in [-0.1, -0.05) is 0 Å². The summed E-state index contributed by atoms with van der Waals surface area (Å²) in [4.78, 5) is 9.54. The van der Waals surface area contributed by atoms with E-state index in [-0.39, 0.29) is 57.8 Å². The third-order valence-corrected chi connectivity index (χ3v) is 0.462. The molecule has 8 heavy (non-hydrogen) atoms. The third kappa shape index (κ3) is 10.1. The second kappa shape index (κ2) is 6.19. The minimum atomic E-state index is -1.21. The summed E-state index contributed by atoms with van der Waals surface area (Å²) in [7, 11) is 0. The maximum atomic E-state index is 9.54. The SMILES string of the molecule is CC(O)CC(=O)[O-].[K+]. The van der Waals surface area contributed by atoms with Gasteiger partial charge in [0.25, 0.3) is 0 Å². The van der Waals surface area contributed by atoms with Gasteiger partial charge < -0.3 is 15.0 Å². The van der Waals surface area contributed by atoms with Crippen LogP contribution in [0, 0.1) is 0 Å². The summed E-state index contributed by atoms with van der Waals surface area (Å²) in [6, 6.07) is 0. The summed E-state index contributed by atoms with van der Waals surface area (Å²) in [6.07, 6.45) is -1.06. The van der Waals surface area contributed by atoms with Crippen molar-refractivity contribution in [3.8, 4) is 0 Å². The van der Waals surface area contributed by atoms with Crippen LogP contribution in [0.1, 0.15) is 13.3 Å². The quantitative estimate of drug-likeness (QED) is 0.395. The van der Waals surface area contributed by atoms with Crippen molar-refractivity contribution in [2.45, 2.75) is 19.4 Å². The normalized spacial score (nSPS) is 11.8. The maximum absolute atomic E-state index is 9.54. The molecule has 0 fully saturated rings. The summed E-state index contributed by atoms with van der Waals surface area (Å²) >= 11 is 0. The predicted octanol–water partition coefficient (Wildman–Crippen LogP) is -4.49. The van der Waals surface area contributed by atoms with E-state index in [4.69, 9.17) is 5.11 Å². The number of hydrogen-bond acceptors (Lipinski definition) is 3. The van der Waals surface area contributed by atoms with Crippen LogP contribution in [0.15, 0.2) is 0 Å². The summed E-state index contributed by atoms with van der Waals surface area (Å²) in [5.41, 5.74) is 0. The van der Waals surface area contributed by atoms with Gasteiger partial charge in [0.2, 0.25) is 0 Å². The van der Waals surface area contributed by atoms with Crippen molar-refractivity contribution in [2.24, 2.45) is 0 Å². The molecular weight excluding hydrogens is 135 g/mol. The molecule has 0 aromatic rings. The third-order valence-electron chi connectivity index (χ3n) is 0.462. The molecule has 0 saturated heterocycles. The molecule has 0 aromatic heterocycles. The Morgan fingerprint density at radius 2 is 2.25 bits per heavy atom. The molecule has 1 N–H and O–H groups in total.